The second-order valence-corrected chi connectivity index (χ2v) is 15.8. The van der Waals surface area contributed by atoms with Gasteiger partial charge in [0, 0.05) is 13.1 Å². The molecule has 0 aromatic heterocycles. The summed E-state index contributed by atoms with van der Waals surface area (Å²) in [6.45, 7) is 16.0. The van der Waals surface area contributed by atoms with Gasteiger partial charge in [0.05, 0.1) is 6.61 Å². The number of hydrogen-bond donors (Lipinski definition) is 1. The van der Waals surface area contributed by atoms with Gasteiger partial charge in [0.2, 0.25) is 0 Å². The maximum atomic E-state index is 12.9. The molecule has 0 aromatic rings. The Bertz CT molecular complexity index is 1000. The van der Waals surface area contributed by atoms with E-state index in [0.29, 0.717) is 0 Å². The Morgan fingerprint density at radius 3 is 1.86 bits per heavy atom. The Morgan fingerprint density at radius 2 is 1.39 bits per heavy atom. The van der Waals surface area contributed by atoms with Gasteiger partial charge >= 0.3 is 5.97 Å². The van der Waals surface area contributed by atoms with Crippen molar-refractivity contribution in [1.29, 1.82) is 0 Å². The number of aliphatic hydroxyl groups excluding tert-OH is 1. The molecule has 0 aromatic carbocycles. The topological polar surface area (TPSA) is 93.1 Å². The van der Waals surface area contributed by atoms with Gasteiger partial charge in [-0.2, -0.15) is 0 Å². The monoisotopic (exact) mass is 515 g/mol. The van der Waals surface area contributed by atoms with E-state index in [0.717, 1.165) is 0 Å². The second-order valence-electron chi connectivity index (χ2n) is 11.0. The molecule has 0 aliphatic carbocycles. The van der Waals surface area contributed by atoms with Gasteiger partial charge < -0.3 is 19.2 Å². The molecule has 1 aliphatic rings. The highest BCUT2D eigenvalue weighted by atomic mass is 28.4. The summed E-state index contributed by atoms with van der Waals surface area (Å²) < 4.78 is 11.3. The summed E-state index contributed by atoms with van der Waals surface area (Å²) in [5.74, 6) is -1.72. The zero-order valence-corrected chi connectivity index (χ0v) is 24.0. The first-order valence-corrected chi connectivity index (χ1v) is 14.8. The fourth-order valence-corrected chi connectivity index (χ4v) is 3.79. The van der Waals surface area contributed by atoms with Crippen LogP contribution in [0.4, 0.5) is 0 Å². The van der Waals surface area contributed by atoms with Crippen LogP contribution in [-0.4, -0.2) is 61.3 Å². The lowest BCUT2D eigenvalue weighted by Gasteiger charge is -2.37. The van der Waals surface area contributed by atoms with Crippen LogP contribution in [0.5, 0.6) is 0 Å². The number of aliphatic hydroxyl groups is 1. The summed E-state index contributed by atoms with van der Waals surface area (Å²) in [4.78, 5) is 38.3. The third kappa shape index (κ3) is 9.58. The van der Waals surface area contributed by atoms with Gasteiger partial charge in [0.15, 0.2) is 14.1 Å². The van der Waals surface area contributed by atoms with E-state index in [4.69, 9.17) is 9.16 Å². The van der Waals surface area contributed by atoms with Crippen molar-refractivity contribution >= 4 is 26.0 Å². The van der Waals surface area contributed by atoms with Crippen LogP contribution in [0.3, 0.4) is 0 Å². The Kier molecular flexibility index (Phi) is 11.1. The third-order valence-corrected chi connectivity index (χ3v) is 10.4. The normalized spacial score (nSPS) is 19.8. The van der Waals surface area contributed by atoms with Gasteiger partial charge in [0.25, 0.3) is 5.91 Å². The first-order valence-electron chi connectivity index (χ1n) is 11.9. The number of ketones is 1. The summed E-state index contributed by atoms with van der Waals surface area (Å²) in [7, 11) is -0.542. The van der Waals surface area contributed by atoms with Crippen molar-refractivity contribution in [2.75, 3.05) is 13.7 Å². The van der Waals surface area contributed by atoms with Crippen LogP contribution < -0.4 is 0 Å². The van der Waals surface area contributed by atoms with E-state index in [1.165, 1.54) is 17.1 Å². The average molecular weight is 516 g/mol. The highest BCUT2D eigenvalue weighted by Crippen LogP contribution is 2.37. The van der Waals surface area contributed by atoms with Crippen molar-refractivity contribution in [2.24, 2.45) is 0 Å². The smallest absolute Gasteiger partial charge is 0.331 e. The Balaban J connectivity index is 2.70. The minimum atomic E-state index is -2.09. The summed E-state index contributed by atoms with van der Waals surface area (Å²) in [6, 6.07) is -0.744. The number of nitrogens with zero attached hydrogens (tertiary/aromatic N) is 1. The van der Waals surface area contributed by atoms with Crippen molar-refractivity contribution in [1.82, 2.24) is 4.90 Å². The quantitative estimate of drug-likeness (QED) is 0.111. The van der Waals surface area contributed by atoms with Crippen molar-refractivity contribution in [3.63, 3.8) is 0 Å². The second kappa shape index (κ2) is 12.8. The molecule has 1 N–H and O–H groups in total. The summed E-state index contributed by atoms with van der Waals surface area (Å²) >= 11 is 0. The number of amides is 1. The number of likely N-dealkylation sites (tertiary alicyclic amines) is 1. The lowest BCUT2D eigenvalue weighted by Crippen LogP contribution is -2.45. The maximum Gasteiger partial charge on any atom is 0.331 e. The first-order chi connectivity index (χ1) is 16.5. The molecule has 1 heterocycles. The predicted molar refractivity (Wildman–Crippen MR) is 146 cm³/mol. The number of rotatable bonds is 9. The van der Waals surface area contributed by atoms with E-state index >= 15 is 0 Å². The number of esters is 1. The molecule has 0 unspecified atom stereocenters. The molecule has 7 nitrogen and oxygen atoms in total. The van der Waals surface area contributed by atoms with Gasteiger partial charge in [-0.3, -0.25) is 9.59 Å². The molecule has 0 bridgehead atoms. The van der Waals surface area contributed by atoms with Gasteiger partial charge in [0.1, 0.15) is 23.0 Å². The number of allylic oxidation sites excluding steroid dienone is 9. The van der Waals surface area contributed by atoms with E-state index in [1.54, 1.807) is 76.4 Å². The van der Waals surface area contributed by atoms with Crippen molar-refractivity contribution < 1.29 is 28.7 Å². The average Bonchev–Trinajstić information content (AvgIpc) is 2.93. The Labute approximate surface area is 216 Å². The number of hydrogen-bond acceptors (Lipinski definition) is 6. The van der Waals surface area contributed by atoms with Gasteiger partial charge in [-0.1, -0.05) is 69.4 Å². The zero-order chi connectivity index (χ0) is 27.7. The molecule has 0 radical (unpaired) electrons. The van der Waals surface area contributed by atoms with Gasteiger partial charge in [-0.05, 0) is 45.0 Å². The van der Waals surface area contributed by atoms with Crippen LogP contribution in [0.25, 0.3) is 0 Å². The number of carbonyl (C=O) groups excluding carboxylic acids is 3. The van der Waals surface area contributed by atoms with E-state index in [2.05, 4.69) is 33.9 Å². The highest BCUT2D eigenvalue weighted by Gasteiger charge is 2.45. The summed E-state index contributed by atoms with van der Waals surface area (Å²) in [6.07, 6.45) is 16.1. The number of likely N-dealkylation sites (N-methyl/N-ethyl adjacent to an activating group) is 1. The standard InChI is InChI=1S/C28H41NO6Si/c1-27(2,3)35-23(31)19-17-15-13-11-10-12-14-16-18-22(30)24-25(32)21(29(7)26(24)33)20-34-36(8,9)28(4,5)6/h10-19,21,30H,20H2,1-9H3/b11-10+,14-12+,15-13+,18-16+,19-17+,24-22+/t21-/m0/s1. The molecule has 1 rings (SSSR count). The zero-order valence-electron chi connectivity index (χ0n) is 23.0. The Hall–Kier alpha value is -2.97. The van der Waals surface area contributed by atoms with Crippen LogP contribution in [-0.2, 0) is 23.5 Å². The van der Waals surface area contributed by atoms with Crippen LogP contribution in [0.1, 0.15) is 41.5 Å². The molecule has 198 valence electrons. The van der Waals surface area contributed by atoms with Crippen LogP contribution in [0, 0.1) is 0 Å². The molecular formula is C28H41NO6Si. The van der Waals surface area contributed by atoms with Crippen molar-refractivity contribution in [3.8, 4) is 0 Å². The minimum absolute atomic E-state index is 0.0197. The van der Waals surface area contributed by atoms with E-state index < -0.39 is 37.6 Å². The van der Waals surface area contributed by atoms with Crippen LogP contribution in [0.15, 0.2) is 72.1 Å². The fourth-order valence-electron chi connectivity index (χ4n) is 2.78. The minimum Gasteiger partial charge on any atom is -0.507 e. The van der Waals surface area contributed by atoms with Gasteiger partial charge in [-0.15, -0.1) is 0 Å². The van der Waals surface area contributed by atoms with Crippen molar-refractivity contribution in [3.05, 3.63) is 72.1 Å². The number of ether oxygens (including phenoxy) is 1. The number of carbonyl (C=O) groups is 3. The fraction of sp³-hybridized carbons (Fsp3) is 0.464. The molecule has 0 spiro atoms. The summed E-state index contributed by atoms with van der Waals surface area (Å²) in [5, 5.41) is 10.4. The molecule has 36 heavy (non-hydrogen) atoms. The highest BCUT2D eigenvalue weighted by molar-refractivity contribution is 6.74. The first kappa shape index (κ1) is 31.1. The van der Waals surface area contributed by atoms with E-state index in [1.807, 2.05) is 0 Å². The molecule has 1 saturated heterocycles. The van der Waals surface area contributed by atoms with Crippen LogP contribution >= 0.6 is 0 Å². The van der Waals surface area contributed by atoms with Crippen molar-refractivity contribution in [2.45, 2.75) is 71.3 Å². The molecule has 1 amide bonds. The Morgan fingerprint density at radius 1 is 0.917 bits per heavy atom. The molecule has 1 atom stereocenters. The third-order valence-electron chi connectivity index (χ3n) is 5.89. The predicted octanol–water partition coefficient (Wildman–Crippen LogP) is 5.35. The molecule has 1 fully saturated rings. The molecule has 0 saturated carbocycles. The SMILES string of the molecule is CN1C(=O)\C(=C(O)/C=C/C=C/C=C/C=C/C=C/C(=O)OC(C)(C)C)C(=O)[C@@H]1CO[Si](C)(C)C(C)(C)C. The number of Topliss-reactive ketones (excluding diaryl/α,β-unsaturated/α-hetero) is 1. The van der Waals surface area contributed by atoms with Crippen LogP contribution in [0.2, 0.25) is 18.1 Å². The van der Waals surface area contributed by atoms with E-state index in [-0.39, 0.29) is 23.0 Å². The van der Waals surface area contributed by atoms with E-state index in [9.17, 15) is 19.5 Å². The van der Waals surface area contributed by atoms with Gasteiger partial charge in [-0.25, -0.2) is 4.79 Å². The molecular weight excluding hydrogens is 474 g/mol. The largest absolute Gasteiger partial charge is 0.507 e. The summed E-state index contributed by atoms with van der Waals surface area (Å²) in [5.41, 5.74) is -0.746. The lowest BCUT2D eigenvalue weighted by atomic mass is 10.1. The molecule has 8 heteroatoms. The lowest BCUT2D eigenvalue weighted by molar-refractivity contribution is -0.148. The molecule has 1 aliphatic heterocycles. The maximum absolute atomic E-state index is 12.9.